The molecule has 0 saturated heterocycles. The van der Waals surface area contributed by atoms with Crippen LogP contribution in [0.15, 0.2) is 82.0 Å². The Hall–Kier alpha value is -3.00. The molecule has 110 valence electrons. The van der Waals surface area contributed by atoms with Crippen LogP contribution >= 0.6 is 0 Å². The lowest BCUT2D eigenvalue weighted by Gasteiger charge is -2.04. The molecule has 2 aromatic heterocycles. The summed E-state index contributed by atoms with van der Waals surface area (Å²) in [4.78, 5) is 0. The van der Waals surface area contributed by atoms with E-state index in [4.69, 9.17) is 8.83 Å². The number of fused-ring (bicyclic) bond motifs is 3. The van der Waals surface area contributed by atoms with Gasteiger partial charge in [0.2, 0.25) is 0 Å². The molecule has 2 aromatic carbocycles. The number of furan rings is 2. The third kappa shape index (κ3) is 1.95. The maximum atomic E-state index is 5.51. The summed E-state index contributed by atoms with van der Waals surface area (Å²) in [6, 6.07) is 21.0. The number of benzene rings is 2. The van der Waals surface area contributed by atoms with Gasteiger partial charge in [0.05, 0.1) is 12.5 Å². The summed E-state index contributed by atoms with van der Waals surface area (Å²) >= 11 is 0. The SMILES string of the molecule is c1coc(-c2ccc3c(c2)Cc2cc(-c4ccco4)ccc2-3)c1. The molecule has 0 spiro atoms. The van der Waals surface area contributed by atoms with Crippen molar-refractivity contribution >= 4 is 0 Å². The van der Waals surface area contributed by atoms with Gasteiger partial charge in [-0.25, -0.2) is 0 Å². The van der Waals surface area contributed by atoms with Crippen molar-refractivity contribution < 1.29 is 8.83 Å². The predicted molar refractivity (Wildman–Crippen MR) is 90.1 cm³/mol. The van der Waals surface area contributed by atoms with Gasteiger partial charge in [-0.2, -0.15) is 0 Å². The fourth-order valence-corrected chi connectivity index (χ4v) is 3.40. The first-order valence-electron chi connectivity index (χ1n) is 7.72. The molecule has 2 nitrogen and oxygen atoms in total. The van der Waals surface area contributed by atoms with E-state index in [-0.39, 0.29) is 0 Å². The van der Waals surface area contributed by atoms with Crippen LogP contribution in [0.25, 0.3) is 33.8 Å². The highest BCUT2D eigenvalue weighted by Gasteiger charge is 2.20. The molecule has 2 heterocycles. The zero-order valence-electron chi connectivity index (χ0n) is 12.5. The van der Waals surface area contributed by atoms with Crippen molar-refractivity contribution in [1.29, 1.82) is 0 Å². The molecule has 1 aliphatic rings. The van der Waals surface area contributed by atoms with Crippen LogP contribution in [0.5, 0.6) is 0 Å². The van der Waals surface area contributed by atoms with Crippen LogP contribution in [0.2, 0.25) is 0 Å². The van der Waals surface area contributed by atoms with Gasteiger partial charge >= 0.3 is 0 Å². The van der Waals surface area contributed by atoms with E-state index in [2.05, 4.69) is 36.4 Å². The lowest BCUT2D eigenvalue weighted by atomic mass is 10.0. The molecule has 2 heteroatoms. The van der Waals surface area contributed by atoms with Crippen LogP contribution in [0.3, 0.4) is 0 Å². The normalized spacial score (nSPS) is 12.2. The van der Waals surface area contributed by atoms with Crippen LogP contribution < -0.4 is 0 Å². The van der Waals surface area contributed by atoms with Gasteiger partial charge in [-0.3, -0.25) is 0 Å². The van der Waals surface area contributed by atoms with Crippen molar-refractivity contribution in [1.82, 2.24) is 0 Å². The zero-order chi connectivity index (χ0) is 15.2. The summed E-state index contributed by atoms with van der Waals surface area (Å²) < 4.78 is 11.0. The van der Waals surface area contributed by atoms with Crippen molar-refractivity contribution in [2.24, 2.45) is 0 Å². The first kappa shape index (κ1) is 12.5. The molecule has 0 atom stereocenters. The van der Waals surface area contributed by atoms with Gasteiger partial charge in [-0.05, 0) is 65.1 Å². The highest BCUT2D eigenvalue weighted by atomic mass is 16.3. The third-order valence-corrected chi connectivity index (χ3v) is 4.49. The van der Waals surface area contributed by atoms with E-state index in [1.165, 1.54) is 22.3 Å². The second-order valence-corrected chi connectivity index (χ2v) is 5.88. The predicted octanol–water partition coefficient (Wildman–Crippen LogP) is 5.78. The van der Waals surface area contributed by atoms with Crippen LogP contribution in [0.1, 0.15) is 11.1 Å². The number of hydrogen-bond acceptors (Lipinski definition) is 2. The van der Waals surface area contributed by atoms with Gasteiger partial charge in [-0.15, -0.1) is 0 Å². The summed E-state index contributed by atoms with van der Waals surface area (Å²) in [6.07, 6.45) is 4.38. The Bertz CT molecular complexity index is 895. The molecule has 0 bridgehead atoms. The summed E-state index contributed by atoms with van der Waals surface area (Å²) in [5.41, 5.74) is 7.61. The van der Waals surface area contributed by atoms with Crippen molar-refractivity contribution in [3.8, 4) is 33.8 Å². The van der Waals surface area contributed by atoms with Crippen molar-refractivity contribution in [3.63, 3.8) is 0 Å². The first-order chi connectivity index (χ1) is 11.4. The maximum absolute atomic E-state index is 5.51. The maximum Gasteiger partial charge on any atom is 0.133 e. The summed E-state index contributed by atoms with van der Waals surface area (Å²) in [6.45, 7) is 0. The fourth-order valence-electron chi connectivity index (χ4n) is 3.40. The Morgan fingerprint density at radius 2 is 1.13 bits per heavy atom. The summed E-state index contributed by atoms with van der Waals surface area (Å²) in [5.74, 6) is 1.83. The number of hydrogen-bond donors (Lipinski definition) is 0. The highest BCUT2D eigenvalue weighted by Crippen LogP contribution is 2.40. The Labute approximate surface area is 134 Å². The Balaban J connectivity index is 1.58. The Kier molecular flexibility index (Phi) is 2.59. The van der Waals surface area contributed by atoms with Gasteiger partial charge in [0.1, 0.15) is 11.5 Å². The van der Waals surface area contributed by atoms with E-state index >= 15 is 0 Å². The molecular formula is C21H14O2. The van der Waals surface area contributed by atoms with Crippen molar-refractivity contribution in [3.05, 3.63) is 84.3 Å². The smallest absolute Gasteiger partial charge is 0.133 e. The first-order valence-corrected chi connectivity index (χ1v) is 7.72. The quantitative estimate of drug-likeness (QED) is 0.413. The molecular weight excluding hydrogens is 284 g/mol. The second-order valence-electron chi connectivity index (χ2n) is 5.88. The van der Waals surface area contributed by atoms with Gasteiger partial charge in [0.25, 0.3) is 0 Å². The molecule has 0 radical (unpaired) electrons. The average Bonchev–Trinajstić information content (AvgIpc) is 3.32. The molecule has 0 N–H and O–H groups in total. The lowest BCUT2D eigenvalue weighted by molar-refractivity contribution is 0.582. The monoisotopic (exact) mass is 298 g/mol. The average molecular weight is 298 g/mol. The van der Waals surface area contributed by atoms with Gasteiger partial charge in [-0.1, -0.05) is 24.3 Å². The van der Waals surface area contributed by atoms with Crippen LogP contribution in [-0.4, -0.2) is 0 Å². The minimum absolute atomic E-state index is 0.917. The molecule has 0 aliphatic heterocycles. The van der Waals surface area contributed by atoms with Crippen LogP contribution in [0, 0.1) is 0 Å². The molecule has 0 fully saturated rings. The van der Waals surface area contributed by atoms with Crippen LogP contribution in [-0.2, 0) is 6.42 Å². The fraction of sp³-hybridized carbons (Fsp3) is 0.0476. The molecule has 1 aliphatic carbocycles. The Morgan fingerprint density at radius 3 is 1.57 bits per heavy atom. The Morgan fingerprint density at radius 1 is 0.609 bits per heavy atom. The van der Waals surface area contributed by atoms with E-state index in [9.17, 15) is 0 Å². The molecule has 23 heavy (non-hydrogen) atoms. The minimum Gasteiger partial charge on any atom is -0.464 e. The lowest BCUT2D eigenvalue weighted by Crippen LogP contribution is -1.82. The topological polar surface area (TPSA) is 26.3 Å². The van der Waals surface area contributed by atoms with E-state index in [1.54, 1.807) is 12.5 Å². The van der Waals surface area contributed by atoms with Gasteiger partial charge in [0, 0.05) is 11.1 Å². The van der Waals surface area contributed by atoms with Crippen molar-refractivity contribution in [2.75, 3.05) is 0 Å². The molecule has 4 aromatic rings. The molecule has 0 unspecified atom stereocenters. The number of rotatable bonds is 2. The van der Waals surface area contributed by atoms with Crippen molar-refractivity contribution in [2.45, 2.75) is 6.42 Å². The van der Waals surface area contributed by atoms with E-state index in [0.29, 0.717) is 0 Å². The van der Waals surface area contributed by atoms with E-state index in [0.717, 1.165) is 29.1 Å². The summed E-state index contributed by atoms with van der Waals surface area (Å²) in [5, 5.41) is 0. The standard InChI is InChI=1S/C21H14O2/c1-3-20(22-9-1)14-5-7-18-16(11-14)13-17-12-15(6-8-19(17)18)21-4-2-10-23-21/h1-12H,13H2. The van der Waals surface area contributed by atoms with E-state index < -0.39 is 0 Å². The largest absolute Gasteiger partial charge is 0.464 e. The molecule has 0 saturated carbocycles. The summed E-state index contributed by atoms with van der Waals surface area (Å²) in [7, 11) is 0. The van der Waals surface area contributed by atoms with Crippen LogP contribution in [0.4, 0.5) is 0 Å². The van der Waals surface area contributed by atoms with E-state index in [1.807, 2.05) is 24.3 Å². The molecule has 0 amide bonds. The zero-order valence-corrected chi connectivity index (χ0v) is 12.5. The third-order valence-electron chi connectivity index (χ3n) is 4.49. The second kappa shape index (κ2) is 4.75. The van der Waals surface area contributed by atoms with Gasteiger partial charge < -0.3 is 8.83 Å². The molecule has 5 rings (SSSR count). The highest BCUT2D eigenvalue weighted by molar-refractivity contribution is 5.81. The minimum atomic E-state index is 0.917. The van der Waals surface area contributed by atoms with Gasteiger partial charge in [0.15, 0.2) is 0 Å².